The zero-order valence-corrected chi connectivity index (χ0v) is 21.9. The number of rotatable bonds is 8. The molecule has 37 heavy (non-hydrogen) atoms. The summed E-state index contributed by atoms with van der Waals surface area (Å²) >= 11 is 11.6. The molecule has 0 saturated heterocycles. The van der Waals surface area contributed by atoms with E-state index in [9.17, 15) is 34.8 Å². The molecule has 0 amide bonds. The number of allylic oxidation sites excluding steroid dienone is 3. The Hall–Kier alpha value is -2.89. The number of alkyl halides is 3. The number of hydrogen-bond acceptors (Lipinski definition) is 7. The van der Waals surface area contributed by atoms with E-state index in [1.807, 2.05) is 0 Å². The van der Waals surface area contributed by atoms with E-state index in [0.29, 0.717) is 10.4 Å². The number of hydrogen-bond donors (Lipinski definition) is 0. The van der Waals surface area contributed by atoms with Crippen molar-refractivity contribution in [3.63, 3.8) is 0 Å². The normalized spacial score (nSPS) is 13.8. The standard InChI is InChI=1S/C22H15Cl2F3N2O6S2/c1-35-12-29(37(33,34)14-7-8-17(24)16(10-14)22(25,26)27)18-9-13(23)11-28-20(18)21(30)15-5-3-4-6-19(15)36(2,31)32/h4,6-11H,12H2,1-2H3. The quantitative estimate of drug-likeness (QED) is 0.250. The van der Waals surface area contributed by atoms with Crippen LogP contribution in [0.15, 0.2) is 69.5 Å². The first-order valence-corrected chi connectivity index (χ1v) is 13.9. The summed E-state index contributed by atoms with van der Waals surface area (Å²) in [5.74, 6) is -1.06. The largest absolute Gasteiger partial charge is 0.417 e. The summed E-state index contributed by atoms with van der Waals surface area (Å²) in [6, 6.07) is 2.96. The summed E-state index contributed by atoms with van der Waals surface area (Å²) in [6.45, 7) is -0.780. The lowest BCUT2D eigenvalue weighted by molar-refractivity contribution is -0.137. The van der Waals surface area contributed by atoms with E-state index >= 15 is 0 Å². The lowest BCUT2D eigenvalue weighted by atomic mass is 10.1. The van der Waals surface area contributed by atoms with Crippen LogP contribution in [0.3, 0.4) is 0 Å². The summed E-state index contributed by atoms with van der Waals surface area (Å²) in [7, 11) is -7.68. The van der Waals surface area contributed by atoms with Crippen LogP contribution in [-0.4, -0.2) is 47.7 Å². The second-order valence-electron chi connectivity index (χ2n) is 7.38. The number of carbonyl (C=O) groups excluding carboxylic acids is 1. The predicted molar refractivity (Wildman–Crippen MR) is 130 cm³/mol. The molecule has 2 aromatic rings. The number of ketones is 1. The Labute approximate surface area is 219 Å². The molecule has 0 radical (unpaired) electrons. The van der Waals surface area contributed by atoms with Crippen molar-refractivity contribution in [2.24, 2.45) is 0 Å². The highest BCUT2D eigenvalue weighted by Gasteiger charge is 2.37. The first-order chi connectivity index (χ1) is 17.1. The van der Waals surface area contributed by atoms with E-state index in [1.165, 1.54) is 6.08 Å². The van der Waals surface area contributed by atoms with Gasteiger partial charge in [-0.1, -0.05) is 34.7 Å². The molecule has 0 unspecified atom stereocenters. The Morgan fingerprint density at radius 2 is 1.84 bits per heavy atom. The van der Waals surface area contributed by atoms with E-state index in [1.54, 1.807) is 0 Å². The number of sulfone groups is 1. The summed E-state index contributed by atoms with van der Waals surface area (Å²) < 4.78 is 97.0. The molecule has 0 atom stereocenters. The number of Topliss-reactive ketones (excluding diaryl/α,β-unsaturated/α-hetero) is 1. The number of aromatic nitrogens is 1. The minimum absolute atomic E-state index is 0.137. The van der Waals surface area contributed by atoms with Crippen molar-refractivity contribution in [1.29, 1.82) is 0 Å². The number of carbonyl (C=O) groups is 1. The fourth-order valence-corrected chi connectivity index (χ4v) is 5.77. The zero-order chi connectivity index (χ0) is 27.8. The number of nitrogens with zero attached hydrogens (tertiary/aromatic N) is 2. The number of anilines is 1. The van der Waals surface area contributed by atoms with Gasteiger partial charge in [-0.05, 0) is 36.4 Å². The van der Waals surface area contributed by atoms with Crippen LogP contribution in [0.25, 0.3) is 0 Å². The summed E-state index contributed by atoms with van der Waals surface area (Å²) in [4.78, 5) is 16.0. The van der Waals surface area contributed by atoms with Crippen LogP contribution in [0.1, 0.15) is 16.1 Å². The molecule has 15 heteroatoms. The van der Waals surface area contributed by atoms with E-state index < -0.39 is 75.9 Å². The average molecular weight is 595 g/mol. The van der Waals surface area contributed by atoms with Gasteiger partial charge in [0, 0.05) is 19.6 Å². The molecule has 0 saturated carbocycles. The van der Waals surface area contributed by atoms with Crippen molar-refractivity contribution in [2.45, 2.75) is 11.1 Å². The van der Waals surface area contributed by atoms with Crippen molar-refractivity contribution < 1.29 is 39.5 Å². The molecule has 3 rings (SSSR count). The highest BCUT2D eigenvalue weighted by molar-refractivity contribution is 7.94. The third kappa shape index (κ3) is 6.00. The number of methoxy groups -OCH3 is 1. The van der Waals surface area contributed by atoms with Crippen LogP contribution in [0.2, 0.25) is 10.0 Å². The molecule has 0 spiro atoms. The van der Waals surface area contributed by atoms with Gasteiger partial charge in [0.25, 0.3) is 10.0 Å². The molecule has 1 aliphatic rings. The zero-order valence-electron chi connectivity index (χ0n) is 18.8. The van der Waals surface area contributed by atoms with Crippen molar-refractivity contribution >= 4 is 54.5 Å². The van der Waals surface area contributed by atoms with Gasteiger partial charge < -0.3 is 4.74 Å². The summed E-state index contributed by atoms with van der Waals surface area (Å²) in [5, 5.41) is -0.865. The Morgan fingerprint density at radius 1 is 1.16 bits per heavy atom. The number of halogens is 5. The molecule has 0 N–H and O–H groups in total. The minimum Gasteiger partial charge on any atom is -0.363 e. The van der Waals surface area contributed by atoms with Crippen LogP contribution >= 0.6 is 23.2 Å². The van der Waals surface area contributed by atoms with Crippen LogP contribution in [0.5, 0.6) is 0 Å². The molecule has 1 heterocycles. The molecular formula is C22H15Cl2F3N2O6S2. The second kappa shape index (κ2) is 10.5. The molecule has 1 aliphatic carbocycles. The Bertz CT molecular complexity index is 1640. The van der Waals surface area contributed by atoms with Crippen LogP contribution in [-0.2, 0) is 30.8 Å². The van der Waals surface area contributed by atoms with Gasteiger partial charge in [0.1, 0.15) is 12.4 Å². The highest BCUT2D eigenvalue weighted by Crippen LogP contribution is 2.38. The van der Waals surface area contributed by atoms with Crippen molar-refractivity contribution in [1.82, 2.24) is 4.98 Å². The minimum atomic E-state index is -4.96. The lowest BCUT2D eigenvalue weighted by Crippen LogP contribution is -2.34. The highest BCUT2D eigenvalue weighted by atomic mass is 35.5. The van der Waals surface area contributed by atoms with Gasteiger partial charge in [0.2, 0.25) is 5.78 Å². The second-order valence-corrected chi connectivity index (χ2v) is 12.1. The molecule has 0 fully saturated rings. The molecule has 1 aromatic heterocycles. The molecular weight excluding hydrogens is 580 g/mol. The molecule has 196 valence electrons. The first kappa shape index (κ1) is 28.7. The molecule has 0 bridgehead atoms. The smallest absolute Gasteiger partial charge is 0.363 e. The molecule has 1 aromatic carbocycles. The Kier molecular flexibility index (Phi) is 8.11. The monoisotopic (exact) mass is 594 g/mol. The Morgan fingerprint density at radius 3 is 2.43 bits per heavy atom. The van der Waals surface area contributed by atoms with Gasteiger partial charge >= 0.3 is 6.18 Å². The van der Waals surface area contributed by atoms with Crippen molar-refractivity contribution in [3.8, 4) is 0 Å². The summed E-state index contributed by atoms with van der Waals surface area (Å²) in [6.07, 6.45) is -0.792. The number of ether oxygens (including phenoxy) is 1. The number of benzene rings is 1. The maximum atomic E-state index is 13.5. The van der Waals surface area contributed by atoms with Gasteiger partial charge in [-0.2, -0.15) is 13.2 Å². The SMILES string of the molecule is COCN(c1cc(Cl)cnc1C(=O)C1=C=C=CC=C1S(C)(=O)=O)S(=O)(=O)c1ccc(Cl)c(C(F)(F)F)c1. The molecule has 8 nitrogen and oxygen atoms in total. The maximum absolute atomic E-state index is 13.5. The first-order valence-electron chi connectivity index (χ1n) is 9.80. The van der Waals surface area contributed by atoms with E-state index in [-0.39, 0.29) is 5.02 Å². The van der Waals surface area contributed by atoms with Gasteiger partial charge in [-0.3, -0.25) is 4.79 Å². The topological polar surface area (TPSA) is 111 Å². The lowest BCUT2D eigenvalue weighted by Gasteiger charge is -2.26. The third-order valence-electron chi connectivity index (χ3n) is 4.78. The van der Waals surface area contributed by atoms with Crippen molar-refractivity contribution in [3.05, 3.63) is 85.9 Å². The summed E-state index contributed by atoms with van der Waals surface area (Å²) in [5.41, 5.74) is 1.88. The van der Waals surface area contributed by atoms with Gasteiger partial charge in [0.15, 0.2) is 9.84 Å². The molecule has 0 aliphatic heterocycles. The maximum Gasteiger partial charge on any atom is 0.417 e. The van der Waals surface area contributed by atoms with E-state index in [2.05, 4.69) is 16.4 Å². The van der Waals surface area contributed by atoms with Crippen LogP contribution < -0.4 is 4.31 Å². The average Bonchev–Trinajstić information content (AvgIpc) is 2.80. The fraction of sp³-hybridized carbons (Fsp3) is 0.182. The van der Waals surface area contributed by atoms with E-state index in [4.69, 9.17) is 27.9 Å². The van der Waals surface area contributed by atoms with Gasteiger partial charge in [-0.15, -0.1) is 0 Å². The van der Waals surface area contributed by atoms with Crippen LogP contribution in [0, 0.1) is 0 Å². The Balaban J connectivity index is 2.24. The third-order valence-corrected chi connectivity index (χ3v) is 8.19. The van der Waals surface area contributed by atoms with Gasteiger partial charge in [0.05, 0.1) is 36.7 Å². The fourth-order valence-electron chi connectivity index (χ4n) is 3.16. The van der Waals surface area contributed by atoms with Crippen molar-refractivity contribution in [2.75, 3.05) is 24.4 Å². The van der Waals surface area contributed by atoms with Gasteiger partial charge in [-0.25, -0.2) is 26.1 Å². The number of sulfonamides is 1. The van der Waals surface area contributed by atoms with Crippen LogP contribution in [0.4, 0.5) is 18.9 Å². The predicted octanol–water partition coefficient (Wildman–Crippen LogP) is 4.57. The number of pyridine rings is 1. The van der Waals surface area contributed by atoms with E-state index in [0.717, 1.165) is 43.8 Å².